The minimum absolute atomic E-state index is 0.193. The van der Waals surface area contributed by atoms with Crippen LogP contribution in [0.2, 0.25) is 5.02 Å². The highest BCUT2D eigenvalue weighted by Crippen LogP contribution is 2.17. The van der Waals surface area contributed by atoms with Gasteiger partial charge in [-0.15, -0.1) is 0 Å². The molecule has 2 rings (SSSR count). The van der Waals surface area contributed by atoms with Crippen molar-refractivity contribution in [2.75, 3.05) is 6.54 Å². The van der Waals surface area contributed by atoms with Crippen LogP contribution in [0.5, 0.6) is 0 Å². The summed E-state index contributed by atoms with van der Waals surface area (Å²) in [5, 5.41) is 16.8. The summed E-state index contributed by atoms with van der Waals surface area (Å²) in [5.74, 6) is -0.193. The van der Waals surface area contributed by atoms with Gasteiger partial charge in [0, 0.05) is 11.6 Å². The molecule has 0 aliphatic heterocycles. The Morgan fingerprint density at radius 3 is 2.95 bits per heavy atom. The zero-order valence-electron chi connectivity index (χ0n) is 12.0. The summed E-state index contributed by atoms with van der Waals surface area (Å²) in [6, 6.07) is 7.28. The molecule has 1 aromatic heterocycles. The third-order valence-electron chi connectivity index (χ3n) is 3.15. The average Bonchev–Trinajstić information content (AvgIpc) is 2.80. The van der Waals surface area contributed by atoms with Gasteiger partial charge in [-0.05, 0) is 38.5 Å². The maximum absolute atomic E-state index is 12.1. The molecule has 0 aliphatic rings. The monoisotopic (exact) mass is 307 g/mol. The highest BCUT2D eigenvalue weighted by Gasteiger charge is 2.15. The third-order valence-corrected chi connectivity index (χ3v) is 3.39. The highest BCUT2D eigenvalue weighted by atomic mass is 35.5. The second kappa shape index (κ2) is 6.74. The van der Waals surface area contributed by atoms with Crippen molar-refractivity contribution in [2.24, 2.45) is 0 Å². The van der Waals surface area contributed by atoms with Gasteiger partial charge in [0.05, 0.1) is 29.2 Å². The van der Waals surface area contributed by atoms with Gasteiger partial charge in [0.25, 0.3) is 5.91 Å². The number of nitrogens with zero attached hydrogens (tertiary/aromatic N) is 2. The topological polar surface area (TPSA) is 67.2 Å². The number of halogens is 1. The molecule has 2 aromatic rings. The zero-order chi connectivity index (χ0) is 15.4. The average molecular weight is 308 g/mol. The molecule has 1 amide bonds. The van der Waals surface area contributed by atoms with Gasteiger partial charge in [-0.3, -0.25) is 4.79 Å². The van der Waals surface area contributed by atoms with Crippen molar-refractivity contribution >= 4 is 17.5 Å². The van der Waals surface area contributed by atoms with Gasteiger partial charge < -0.3 is 10.4 Å². The second-order valence-electron chi connectivity index (χ2n) is 4.93. The summed E-state index contributed by atoms with van der Waals surface area (Å²) >= 11 is 5.97. The van der Waals surface area contributed by atoms with Crippen LogP contribution in [0.4, 0.5) is 0 Å². The van der Waals surface area contributed by atoms with Crippen molar-refractivity contribution in [1.82, 2.24) is 15.1 Å². The van der Waals surface area contributed by atoms with E-state index >= 15 is 0 Å². The van der Waals surface area contributed by atoms with Gasteiger partial charge in [0.15, 0.2) is 0 Å². The fourth-order valence-electron chi connectivity index (χ4n) is 1.99. The third kappa shape index (κ3) is 3.83. The van der Waals surface area contributed by atoms with Gasteiger partial charge in [0.1, 0.15) is 0 Å². The number of carbonyl (C=O) groups is 1. The number of benzene rings is 1. The van der Waals surface area contributed by atoms with Crippen molar-refractivity contribution < 1.29 is 9.90 Å². The van der Waals surface area contributed by atoms with Crippen molar-refractivity contribution in [2.45, 2.75) is 26.4 Å². The number of amides is 1. The van der Waals surface area contributed by atoms with Crippen LogP contribution in [0.3, 0.4) is 0 Å². The van der Waals surface area contributed by atoms with E-state index in [1.54, 1.807) is 23.7 Å². The highest BCUT2D eigenvalue weighted by molar-refractivity contribution is 6.30. The van der Waals surface area contributed by atoms with E-state index in [0.717, 1.165) is 11.4 Å². The summed E-state index contributed by atoms with van der Waals surface area (Å²) in [6.45, 7) is 3.95. The summed E-state index contributed by atoms with van der Waals surface area (Å²) in [6.07, 6.45) is 1.63. The number of aromatic nitrogens is 2. The molecule has 5 nitrogen and oxygen atoms in total. The van der Waals surface area contributed by atoms with Gasteiger partial charge >= 0.3 is 0 Å². The smallest absolute Gasteiger partial charge is 0.254 e. The maximum Gasteiger partial charge on any atom is 0.254 e. The lowest BCUT2D eigenvalue weighted by Crippen LogP contribution is -2.26. The fraction of sp³-hybridized carbons (Fsp3) is 0.333. The first-order valence-corrected chi connectivity index (χ1v) is 7.13. The molecule has 0 radical (unpaired) electrons. The second-order valence-corrected chi connectivity index (χ2v) is 5.37. The lowest BCUT2D eigenvalue weighted by Gasteiger charge is -2.07. The molecule has 0 spiro atoms. The first-order valence-electron chi connectivity index (χ1n) is 6.76. The van der Waals surface area contributed by atoms with Crippen molar-refractivity contribution in [3.8, 4) is 5.69 Å². The van der Waals surface area contributed by atoms with Crippen LogP contribution in [0, 0.1) is 6.92 Å². The predicted octanol–water partition coefficient (Wildman–Crippen LogP) is 2.33. The van der Waals surface area contributed by atoms with Crippen LogP contribution in [-0.4, -0.2) is 33.4 Å². The van der Waals surface area contributed by atoms with E-state index in [0.29, 0.717) is 23.6 Å². The summed E-state index contributed by atoms with van der Waals surface area (Å²) in [5.41, 5.74) is 2.07. The Hall–Kier alpha value is -1.85. The normalized spacial score (nSPS) is 12.2. The number of aliphatic hydroxyl groups is 1. The van der Waals surface area contributed by atoms with Gasteiger partial charge in [-0.1, -0.05) is 17.7 Å². The molecule has 1 aromatic carbocycles. The number of carbonyl (C=O) groups excluding carboxylic acids is 1. The molecule has 0 fully saturated rings. The molecular formula is C15H18ClN3O2. The fourth-order valence-corrected chi connectivity index (χ4v) is 2.18. The minimum Gasteiger partial charge on any atom is -0.393 e. The van der Waals surface area contributed by atoms with Crippen molar-refractivity contribution in [1.29, 1.82) is 0 Å². The molecule has 0 bridgehead atoms. The molecule has 1 atom stereocenters. The number of hydrogen-bond donors (Lipinski definition) is 2. The maximum atomic E-state index is 12.1. The van der Waals surface area contributed by atoms with E-state index in [1.165, 1.54) is 6.20 Å². The van der Waals surface area contributed by atoms with Gasteiger partial charge in [-0.2, -0.15) is 5.10 Å². The molecule has 0 saturated heterocycles. The SMILES string of the molecule is Cc1c(C(=O)NCCC(C)O)cnn1-c1cccc(Cl)c1. The van der Waals surface area contributed by atoms with E-state index in [2.05, 4.69) is 10.4 Å². The van der Waals surface area contributed by atoms with Crippen LogP contribution in [0.25, 0.3) is 5.69 Å². The first kappa shape index (κ1) is 15.5. The predicted molar refractivity (Wildman–Crippen MR) is 81.9 cm³/mol. The molecule has 2 N–H and O–H groups in total. The van der Waals surface area contributed by atoms with Crippen LogP contribution in [0.1, 0.15) is 29.4 Å². The zero-order valence-corrected chi connectivity index (χ0v) is 12.8. The molecular weight excluding hydrogens is 290 g/mol. The van der Waals surface area contributed by atoms with E-state index < -0.39 is 6.10 Å². The summed E-state index contributed by atoms with van der Waals surface area (Å²) < 4.78 is 1.68. The Morgan fingerprint density at radius 2 is 2.29 bits per heavy atom. The number of nitrogens with one attached hydrogen (secondary N) is 1. The molecule has 112 valence electrons. The Bertz CT molecular complexity index is 638. The van der Waals surface area contributed by atoms with Crippen LogP contribution in [0.15, 0.2) is 30.5 Å². The summed E-state index contributed by atoms with van der Waals surface area (Å²) in [7, 11) is 0. The largest absolute Gasteiger partial charge is 0.393 e. The van der Waals surface area contributed by atoms with Gasteiger partial charge in [-0.25, -0.2) is 4.68 Å². The van der Waals surface area contributed by atoms with E-state index in [9.17, 15) is 9.90 Å². The molecule has 6 heteroatoms. The van der Waals surface area contributed by atoms with Crippen LogP contribution >= 0.6 is 11.6 Å². The minimum atomic E-state index is -0.430. The lowest BCUT2D eigenvalue weighted by atomic mass is 10.2. The van der Waals surface area contributed by atoms with Crippen LogP contribution in [-0.2, 0) is 0 Å². The van der Waals surface area contributed by atoms with E-state index in [1.807, 2.05) is 19.1 Å². The number of rotatable bonds is 5. The Kier molecular flexibility index (Phi) is 4.98. The Balaban J connectivity index is 2.15. The summed E-state index contributed by atoms with van der Waals surface area (Å²) in [4.78, 5) is 12.1. The quantitative estimate of drug-likeness (QED) is 0.891. The molecule has 1 unspecified atom stereocenters. The molecule has 1 heterocycles. The number of aliphatic hydroxyl groups excluding tert-OH is 1. The molecule has 0 saturated carbocycles. The Morgan fingerprint density at radius 1 is 1.52 bits per heavy atom. The molecule has 0 aliphatic carbocycles. The standard InChI is InChI=1S/C15H18ClN3O2/c1-10(20)6-7-17-15(21)14-9-18-19(11(14)2)13-5-3-4-12(16)8-13/h3-5,8-10,20H,6-7H2,1-2H3,(H,17,21). The Labute approximate surface area is 128 Å². The lowest BCUT2D eigenvalue weighted by molar-refractivity contribution is 0.0945. The van der Waals surface area contributed by atoms with Gasteiger partial charge in [0.2, 0.25) is 0 Å². The van der Waals surface area contributed by atoms with E-state index in [-0.39, 0.29) is 5.91 Å². The first-order chi connectivity index (χ1) is 9.99. The van der Waals surface area contributed by atoms with E-state index in [4.69, 9.17) is 11.6 Å². The van der Waals surface area contributed by atoms with Crippen LogP contribution < -0.4 is 5.32 Å². The van der Waals surface area contributed by atoms with Crippen molar-refractivity contribution in [3.05, 3.63) is 46.7 Å². The van der Waals surface area contributed by atoms with Crippen molar-refractivity contribution in [3.63, 3.8) is 0 Å². The number of hydrogen-bond acceptors (Lipinski definition) is 3. The molecule has 21 heavy (non-hydrogen) atoms.